The normalized spacial score (nSPS) is 11.1. The first-order valence-electron chi connectivity index (χ1n) is 7.54. The van der Waals surface area contributed by atoms with E-state index in [-0.39, 0.29) is 17.9 Å². The van der Waals surface area contributed by atoms with Crippen LogP contribution in [0.4, 0.5) is 4.39 Å². The summed E-state index contributed by atoms with van der Waals surface area (Å²) in [5.41, 5.74) is 3.81. The van der Waals surface area contributed by atoms with Gasteiger partial charge in [-0.2, -0.15) is 5.10 Å². The fraction of sp³-hybridized carbons (Fsp3) is 0.167. The summed E-state index contributed by atoms with van der Waals surface area (Å²) in [6, 6.07) is 12.4. The van der Waals surface area contributed by atoms with Gasteiger partial charge in [0.05, 0.1) is 6.42 Å². The number of carbonyl (C=O) groups is 2. The minimum Gasteiger partial charge on any atom is -0.352 e. The lowest BCUT2D eigenvalue weighted by Crippen LogP contribution is -2.26. The molecule has 0 bridgehead atoms. The number of amides is 2. The van der Waals surface area contributed by atoms with Crippen molar-refractivity contribution in [3.05, 3.63) is 70.5 Å². The molecule has 130 valence electrons. The van der Waals surface area contributed by atoms with Crippen LogP contribution in [-0.2, 0) is 11.3 Å². The SMILES string of the molecule is C/C(CC(=O)NCc1ccc(Cl)cc1)=N\NC(=O)c1cccc(F)c1. The lowest BCUT2D eigenvalue weighted by molar-refractivity contribution is -0.120. The van der Waals surface area contributed by atoms with Crippen molar-refractivity contribution in [2.45, 2.75) is 19.9 Å². The fourth-order valence-corrected chi connectivity index (χ4v) is 2.10. The van der Waals surface area contributed by atoms with Gasteiger partial charge in [0.25, 0.3) is 5.91 Å². The van der Waals surface area contributed by atoms with Crippen molar-refractivity contribution < 1.29 is 14.0 Å². The molecule has 0 radical (unpaired) electrons. The number of hydrogen-bond donors (Lipinski definition) is 2. The number of nitrogens with zero attached hydrogens (tertiary/aromatic N) is 1. The van der Waals surface area contributed by atoms with E-state index in [9.17, 15) is 14.0 Å². The zero-order chi connectivity index (χ0) is 18.2. The van der Waals surface area contributed by atoms with Gasteiger partial charge in [-0.15, -0.1) is 0 Å². The molecule has 2 aromatic carbocycles. The number of hydrazone groups is 1. The molecule has 2 N–H and O–H groups in total. The van der Waals surface area contributed by atoms with Crippen LogP contribution in [0.15, 0.2) is 53.6 Å². The smallest absolute Gasteiger partial charge is 0.271 e. The zero-order valence-electron chi connectivity index (χ0n) is 13.6. The lowest BCUT2D eigenvalue weighted by Gasteiger charge is -2.06. The van der Waals surface area contributed by atoms with Crippen LogP contribution in [0.5, 0.6) is 0 Å². The van der Waals surface area contributed by atoms with Crippen molar-refractivity contribution in [3.8, 4) is 0 Å². The Morgan fingerprint density at radius 2 is 1.88 bits per heavy atom. The third kappa shape index (κ3) is 6.35. The molecule has 2 aromatic rings. The molecule has 0 aliphatic heterocycles. The first kappa shape index (κ1) is 18.6. The van der Waals surface area contributed by atoms with E-state index in [1.807, 2.05) is 12.1 Å². The van der Waals surface area contributed by atoms with Crippen LogP contribution < -0.4 is 10.7 Å². The zero-order valence-corrected chi connectivity index (χ0v) is 14.3. The molecule has 0 saturated carbocycles. The number of nitrogens with one attached hydrogen (secondary N) is 2. The van der Waals surface area contributed by atoms with Crippen LogP contribution in [0.1, 0.15) is 29.3 Å². The molecule has 7 heteroatoms. The summed E-state index contributed by atoms with van der Waals surface area (Å²) in [5, 5.41) is 7.24. The summed E-state index contributed by atoms with van der Waals surface area (Å²) >= 11 is 5.80. The van der Waals surface area contributed by atoms with Gasteiger partial charge in [0.1, 0.15) is 5.82 Å². The maximum atomic E-state index is 13.1. The summed E-state index contributed by atoms with van der Waals surface area (Å²) in [4.78, 5) is 23.7. The molecular weight excluding hydrogens is 345 g/mol. The highest BCUT2D eigenvalue weighted by atomic mass is 35.5. The van der Waals surface area contributed by atoms with Crippen molar-refractivity contribution in [1.29, 1.82) is 0 Å². The summed E-state index contributed by atoms with van der Waals surface area (Å²) in [7, 11) is 0. The van der Waals surface area contributed by atoms with Gasteiger partial charge in [-0.1, -0.05) is 29.8 Å². The summed E-state index contributed by atoms with van der Waals surface area (Å²) in [5.74, 6) is -1.27. The van der Waals surface area contributed by atoms with E-state index < -0.39 is 11.7 Å². The Hall–Kier alpha value is -2.73. The third-order valence-electron chi connectivity index (χ3n) is 3.25. The first-order valence-corrected chi connectivity index (χ1v) is 7.92. The van der Waals surface area contributed by atoms with Crippen molar-refractivity contribution >= 4 is 29.1 Å². The van der Waals surface area contributed by atoms with Crippen molar-refractivity contribution in [3.63, 3.8) is 0 Å². The number of benzene rings is 2. The van der Waals surface area contributed by atoms with Gasteiger partial charge in [0.15, 0.2) is 0 Å². The standard InChI is InChI=1S/C18H17ClFN3O2/c1-12(22-23-18(25)14-3-2-4-16(20)10-14)9-17(24)21-11-13-5-7-15(19)8-6-13/h2-8,10H,9,11H2,1H3,(H,21,24)(H,23,25)/b22-12+. The minimum absolute atomic E-state index is 0.0387. The summed E-state index contributed by atoms with van der Waals surface area (Å²) in [6.45, 7) is 1.99. The molecule has 2 amide bonds. The molecule has 0 atom stereocenters. The summed E-state index contributed by atoms with van der Waals surface area (Å²) < 4.78 is 13.1. The van der Waals surface area contributed by atoms with E-state index in [2.05, 4.69) is 15.8 Å². The van der Waals surface area contributed by atoms with Gasteiger partial charge >= 0.3 is 0 Å². The number of rotatable bonds is 6. The molecule has 0 unspecified atom stereocenters. The van der Waals surface area contributed by atoms with Crippen LogP contribution in [0.3, 0.4) is 0 Å². The highest BCUT2D eigenvalue weighted by Crippen LogP contribution is 2.09. The van der Waals surface area contributed by atoms with Gasteiger partial charge in [-0.25, -0.2) is 9.82 Å². The predicted octanol–water partition coefficient (Wildman–Crippen LogP) is 3.29. The molecule has 2 rings (SSSR count). The van der Waals surface area contributed by atoms with Crippen LogP contribution in [-0.4, -0.2) is 17.5 Å². The molecular formula is C18H17ClFN3O2. The second-order valence-electron chi connectivity index (χ2n) is 5.38. The fourth-order valence-electron chi connectivity index (χ4n) is 1.98. The van der Waals surface area contributed by atoms with Gasteiger partial charge < -0.3 is 5.32 Å². The van der Waals surface area contributed by atoms with E-state index in [1.165, 1.54) is 18.2 Å². The maximum Gasteiger partial charge on any atom is 0.271 e. The first-order chi connectivity index (χ1) is 11.9. The van der Waals surface area contributed by atoms with Crippen molar-refractivity contribution in [2.75, 3.05) is 0 Å². The van der Waals surface area contributed by atoms with Gasteiger partial charge in [0.2, 0.25) is 5.91 Å². The average molecular weight is 362 g/mol. The number of hydrogen-bond acceptors (Lipinski definition) is 3. The van der Waals surface area contributed by atoms with E-state index in [0.29, 0.717) is 17.3 Å². The van der Waals surface area contributed by atoms with E-state index in [4.69, 9.17) is 11.6 Å². The van der Waals surface area contributed by atoms with Gasteiger partial charge in [-0.3, -0.25) is 9.59 Å². The highest BCUT2D eigenvalue weighted by molar-refractivity contribution is 6.30. The highest BCUT2D eigenvalue weighted by Gasteiger charge is 2.07. The second-order valence-corrected chi connectivity index (χ2v) is 5.81. The monoisotopic (exact) mass is 361 g/mol. The van der Waals surface area contributed by atoms with Crippen molar-refractivity contribution in [1.82, 2.24) is 10.7 Å². The van der Waals surface area contributed by atoms with Crippen LogP contribution in [0, 0.1) is 5.82 Å². The third-order valence-corrected chi connectivity index (χ3v) is 3.51. The second kappa shape index (κ2) is 8.94. The topological polar surface area (TPSA) is 70.6 Å². The maximum absolute atomic E-state index is 13.1. The largest absolute Gasteiger partial charge is 0.352 e. The van der Waals surface area contributed by atoms with Crippen LogP contribution in [0.2, 0.25) is 5.02 Å². The van der Waals surface area contributed by atoms with Crippen LogP contribution >= 0.6 is 11.6 Å². The van der Waals surface area contributed by atoms with E-state index >= 15 is 0 Å². The predicted molar refractivity (Wildman–Crippen MR) is 94.9 cm³/mol. The molecule has 0 heterocycles. The molecule has 0 saturated heterocycles. The van der Waals surface area contributed by atoms with Gasteiger partial charge in [0, 0.05) is 22.8 Å². The molecule has 0 aliphatic rings. The molecule has 0 fully saturated rings. The van der Waals surface area contributed by atoms with Crippen molar-refractivity contribution in [2.24, 2.45) is 5.10 Å². The Balaban J connectivity index is 1.80. The number of carbonyl (C=O) groups excluding carboxylic acids is 2. The van der Waals surface area contributed by atoms with Gasteiger partial charge in [-0.05, 0) is 42.8 Å². The average Bonchev–Trinajstić information content (AvgIpc) is 2.59. The Morgan fingerprint density at radius 1 is 1.16 bits per heavy atom. The summed E-state index contributed by atoms with van der Waals surface area (Å²) in [6.07, 6.45) is 0.0387. The molecule has 0 spiro atoms. The molecule has 0 aliphatic carbocycles. The number of halogens is 2. The Labute approximate surface area is 149 Å². The Morgan fingerprint density at radius 3 is 2.56 bits per heavy atom. The quantitative estimate of drug-likeness (QED) is 0.612. The Kier molecular flexibility index (Phi) is 6.65. The minimum atomic E-state index is -0.541. The van der Waals surface area contributed by atoms with E-state index in [1.54, 1.807) is 19.1 Å². The lowest BCUT2D eigenvalue weighted by atomic mass is 10.2. The molecule has 0 aromatic heterocycles. The van der Waals surface area contributed by atoms with E-state index in [0.717, 1.165) is 11.6 Å². The van der Waals surface area contributed by atoms with Crippen LogP contribution in [0.25, 0.3) is 0 Å². The molecule has 25 heavy (non-hydrogen) atoms. The molecule has 5 nitrogen and oxygen atoms in total. The Bertz CT molecular complexity index is 791.